The lowest BCUT2D eigenvalue weighted by Crippen LogP contribution is -2.28. The molecule has 204 valence electrons. The van der Waals surface area contributed by atoms with Gasteiger partial charge in [-0.1, -0.05) is 13.8 Å². The van der Waals surface area contributed by atoms with Crippen LogP contribution >= 0.6 is 0 Å². The van der Waals surface area contributed by atoms with E-state index in [-0.39, 0.29) is 34.5 Å². The summed E-state index contributed by atoms with van der Waals surface area (Å²) in [5.74, 6) is -1.25. The van der Waals surface area contributed by atoms with Gasteiger partial charge in [-0.15, -0.1) is 0 Å². The molecule has 1 N–H and O–H groups in total. The Bertz CT molecular complexity index is 1490. The highest BCUT2D eigenvalue weighted by molar-refractivity contribution is 5.96. The molecular weight excluding hydrogens is 507 g/mol. The monoisotopic (exact) mass is 536 g/mol. The molecule has 0 saturated carbocycles. The van der Waals surface area contributed by atoms with Gasteiger partial charge in [0, 0.05) is 36.0 Å². The van der Waals surface area contributed by atoms with Crippen LogP contribution in [0.25, 0.3) is 0 Å². The number of esters is 1. The van der Waals surface area contributed by atoms with Gasteiger partial charge in [0.2, 0.25) is 11.8 Å². The number of fused-ring (bicyclic) bond motifs is 2. The topological polar surface area (TPSA) is 133 Å². The molecule has 2 aliphatic rings. The number of pyridine rings is 1. The molecule has 0 fully saturated rings. The average molecular weight is 537 g/mol. The molecule has 12 heteroatoms. The molecule has 2 aromatic heterocycles. The third-order valence-corrected chi connectivity index (χ3v) is 6.82. The van der Waals surface area contributed by atoms with Crippen LogP contribution in [-0.4, -0.2) is 45.6 Å². The van der Waals surface area contributed by atoms with Crippen LogP contribution in [0, 0.1) is 15.9 Å². The maximum atomic E-state index is 14.2. The second-order valence-corrected chi connectivity index (χ2v) is 10.6. The fourth-order valence-electron chi connectivity index (χ4n) is 5.04. The minimum atomic E-state index is -1.04. The molecule has 0 saturated heterocycles. The number of rotatable bonds is 7. The summed E-state index contributed by atoms with van der Waals surface area (Å²) in [7, 11) is 1.32. The first-order chi connectivity index (χ1) is 18.5. The number of nitro benzene ring substituents is 1. The summed E-state index contributed by atoms with van der Waals surface area (Å²) in [5, 5.41) is 14.2. The number of aryl methyl sites for hydroxylation is 2. The second-order valence-electron chi connectivity index (χ2n) is 10.6. The number of ether oxygens (including phenoxy) is 2. The van der Waals surface area contributed by atoms with Crippen molar-refractivity contribution in [1.82, 2.24) is 15.0 Å². The Labute approximate surface area is 224 Å². The van der Waals surface area contributed by atoms with Crippen molar-refractivity contribution < 1.29 is 23.6 Å². The maximum Gasteiger partial charge on any atom is 0.343 e. The zero-order valence-electron chi connectivity index (χ0n) is 22.4. The Morgan fingerprint density at radius 2 is 2.00 bits per heavy atom. The van der Waals surface area contributed by atoms with Crippen molar-refractivity contribution in [3.63, 3.8) is 0 Å². The Morgan fingerprint density at radius 3 is 2.69 bits per heavy atom. The van der Waals surface area contributed by atoms with E-state index < -0.39 is 22.4 Å². The second kappa shape index (κ2) is 9.75. The summed E-state index contributed by atoms with van der Waals surface area (Å²) < 4.78 is 24.9. The number of methoxy groups -OCH3 is 1. The summed E-state index contributed by atoms with van der Waals surface area (Å²) in [5.41, 5.74) is 3.27. The number of benzene rings is 1. The summed E-state index contributed by atoms with van der Waals surface area (Å²) in [6.45, 7) is 8.19. The van der Waals surface area contributed by atoms with Crippen LogP contribution in [0.5, 0.6) is 5.75 Å². The number of nitrogens with zero attached hydrogens (tertiary/aromatic N) is 5. The van der Waals surface area contributed by atoms with E-state index in [2.05, 4.69) is 35.2 Å². The van der Waals surface area contributed by atoms with Crippen LogP contribution in [0.2, 0.25) is 0 Å². The molecule has 39 heavy (non-hydrogen) atoms. The van der Waals surface area contributed by atoms with Crippen LogP contribution < -0.4 is 15.0 Å². The molecule has 0 amide bonds. The zero-order chi connectivity index (χ0) is 28.1. The van der Waals surface area contributed by atoms with E-state index in [0.717, 1.165) is 48.5 Å². The van der Waals surface area contributed by atoms with Gasteiger partial charge in [-0.2, -0.15) is 9.37 Å². The first-order valence-electron chi connectivity index (χ1n) is 12.7. The summed E-state index contributed by atoms with van der Waals surface area (Å²) in [4.78, 5) is 39.5. The number of nitro groups is 1. The van der Waals surface area contributed by atoms with Gasteiger partial charge in [0.05, 0.1) is 35.2 Å². The molecule has 1 aliphatic carbocycles. The van der Waals surface area contributed by atoms with E-state index in [4.69, 9.17) is 14.5 Å². The van der Waals surface area contributed by atoms with Gasteiger partial charge in [0.25, 0.3) is 0 Å². The number of hydrogen-bond donors (Lipinski definition) is 1. The van der Waals surface area contributed by atoms with E-state index in [1.54, 1.807) is 13.8 Å². The molecule has 0 bridgehead atoms. The summed E-state index contributed by atoms with van der Waals surface area (Å²) in [6.07, 6.45) is 3.92. The van der Waals surface area contributed by atoms with E-state index in [9.17, 15) is 19.3 Å². The third kappa shape index (κ3) is 4.82. The molecule has 5 rings (SSSR count). The third-order valence-electron chi connectivity index (χ3n) is 6.82. The highest BCUT2D eigenvalue weighted by atomic mass is 19.1. The molecular formula is C27H29FN6O5. The number of aromatic nitrogens is 3. The van der Waals surface area contributed by atoms with Gasteiger partial charge in [0.15, 0.2) is 5.82 Å². The Morgan fingerprint density at radius 1 is 1.23 bits per heavy atom. The molecule has 3 aromatic rings. The number of halogens is 1. The Balaban J connectivity index is 1.62. The van der Waals surface area contributed by atoms with Crippen molar-refractivity contribution >= 4 is 34.8 Å². The maximum absolute atomic E-state index is 14.2. The fraction of sp³-hybridized carbons (Fsp3) is 0.407. The van der Waals surface area contributed by atoms with Crippen molar-refractivity contribution in [2.24, 2.45) is 0 Å². The summed E-state index contributed by atoms with van der Waals surface area (Å²) >= 11 is 0. The number of anilines is 4. The Hall–Kier alpha value is -4.35. The SMILES string of the molecule is COc1cc(F)c([N+](=O)[O-])cc1Nc1ncc(C(=O)OC(C)C)c(N2CC(C)(C)c3nc4c(cc32)CCC4)n1. The molecule has 0 unspecified atom stereocenters. The van der Waals surface area contributed by atoms with Crippen LogP contribution in [-0.2, 0) is 23.0 Å². The normalized spacial score (nSPS) is 15.2. The minimum Gasteiger partial charge on any atom is -0.494 e. The largest absolute Gasteiger partial charge is 0.494 e. The van der Waals surface area contributed by atoms with Crippen LogP contribution in [0.3, 0.4) is 0 Å². The van der Waals surface area contributed by atoms with Gasteiger partial charge in [-0.3, -0.25) is 15.1 Å². The molecule has 0 radical (unpaired) electrons. The summed E-state index contributed by atoms with van der Waals surface area (Å²) in [6, 6.07) is 4.05. The standard InChI is InChI=1S/C27H29FN6O5/c1-14(2)39-25(35)16-12-29-26(31-19-11-20(34(36)37)17(28)10-22(19)38-5)32-24(16)33-13-27(3,4)23-21(33)9-15-7-6-8-18(15)30-23/h9-12,14H,6-8,13H2,1-5H3,(H,29,31,32). The predicted molar refractivity (Wildman–Crippen MR) is 142 cm³/mol. The van der Waals surface area contributed by atoms with Crippen LogP contribution in [0.15, 0.2) is 24.4 Å². The van der Waals surface area contributed by atoms with Crippen molar-refractivity contribution in [2.45, 2.75) is 58.5 Å². The van der Waals surface area contributed by atoms with E-state index in [1.807, 2.05) is 4.90 Å². The molecule has 1 aliphatic heterocycles. The molecule has 1 aromatic carbocycles. The highest BCUT2D eigenvalue weighted by Crippen LogP contribution is 2.45. The zero-order valence-corrected chi connectivity index (χ0v) is 22.4. The van der Waals surface area contributed by atoms with Crippen molar-refractivity contribution in [2.75, 3.05) is 23.9 Å². The minimum absolute atomic E-state index is 0.0268. The molecule has 0 spiro atoms. The van der Waals surface area contributed by atoms with Crippen molar-refractivity contribution in [3.8, 4) is 5.75 Å². The van der Waals surface area contributed by atoms with Gasteiger partial charge in [0.1, 0.15) is 11.3 Å². The quantitative estimate of drug-likeness (QED) is 0.245. The fourth-order valence-corrected chi connectivity index (χ4v) is 5.04. The van der Waals surface area contributed by atoms with Crippen molar-refractivity contribution in [3.05, 3.63) is 62.8 Å². The lowest BCUT2D eigenvalue weighted by atomic mass is 9.91. The van der Waals surface area contributed by atoms with Gasteiger partial charge < -0.3 is 19.7 Å². The van der Waals surface area contributed by atoms with Crippen molar-refractivity contribution in [1.29, 1.82) is 0 Å². The first kappa shape index (κ1) is 26.3. The predicted octanol–water partition coefficient (Wildman–Crippen LogP) is 5.15. The molecule has 11 nitrogen and oxygen atoms in total. The van der Waals surface area contributed by atoms with Gasteiger partial charge >= 0.3 is 11.7 Å². The number of carbonyl (C=O) groups is 1. The van der Waals surface area contributed by atoms with E-state index in [0.29, 0.717) is 12.4 Å². The Kier molecular flexibility index (Phi) is 6.57. The van der Waals surface area contributed by atoms with E-state index >= 15 is 0 Å². The number of carbonyl (C=O) groups excluding carboxylic acids is 1. The van der Waals surface area contributed by atoms with Gasteiger partial charge in [-0.05, 0) is 44.7 Å². The lowest BCUT2D eigenvalue weighted by molar-refractivity contribution is -0.387. The van der Waals surface area contributed by atoms with Gasteiger partial charge in [-0.25, -0.2) is 9.78 Å². The first-order valence-corrected chi connectivity index (χ1v) is 12.7. The number of nitrogens with one attached hydrogen (secondary N) is 1. The average Bonchev–Trinajstić information content (AvgIpc) is 3.44. The molecule has 3 heterocycles. The number of hydrogen-bond acceptors (Lipinski definition) is 10. The molecule has 0 atom stereocenters. The lowest BCUT2D eigenvalue weighted by Gasteiger charge is -2.24. The highest BCUT2D eigenvalue weighted by Gasteiger charge is 2.41. The van der Waals surface area contributed by atoms with Crippen LogP contribution in [0.1, 0.15) is 61.4 Å². The van der Waals surface area contributed by atoms with E-state index in [1.165, 1.54) is 18.9 Å². The van der Waals surface area contributed by atoms with Crippen LogP contribution in [0.4, 0.5) is 33.2 Å². The smallest absolute Gasteiger partial charge is 0.343 e.